The molecule has 0 aromatic heterocycles. The van der Waals surface area contributed by atoms with Crippen molar-refractivity contribution in [2.24, 2.45) is 0 Å². The van der Waals surface area contributed by atoms with Gasteiger partial charge in [-0.2, -0.15) is 0 Å². The number of thioether (sulfide) groups is 1. The molecule has 170 valence electrons. The first-order valence-corrected chi connectivity index (χ1v) is 11.3. The van der Waals surface area contributed by atoms with Crippen LogP contribution in [-0.2, 0) is 14.3 Å². The van der Waals surface area contributed by atoms with Crippen LogP contribution in [0.1, 0.15) is 29.8 Å². The second-order valence-electron chi connectivity index (χ2n) is 6.95. The van der Waals surface area contributed by atoms with E-state index in [1.807, 2.05) is 50.3 Å². The van der Waals surface area contributed by atoms with Crippen molar-refractivity contribution in [1.29, 1.82) is 0 Å². The number of nitrogens with zero attached hydrogens (tertiary/aromatic N) is 1. The maximum atomic E-state index is 13.0. The predicted octanol–water partition coefficient (Wildman–Crippen LogP) is 3.93. The highest BCUT2D eigenvalue weighted by Gasteiger charge is 2.27. The molecule has 32 heavy (non-hydrogen) atoms. The molecule has 2 aromatic carbocycles. The Bertz CT molecular complexity index is 1000. The van der Waals surface area contributed by atoms with E-state index in [1.54, 1.807) is 31.2 Å². The maximum Gasteiger partial charge on any atom is 0.264 e. The fraction of sp³-hybridized carbons (Fsp3) is 0.333. The Morgan fingerprint density at radius 1 is 1.16 bits per heavy atom. The first-order chi connectivity index (χ1) is 15.5. The lowest BCUT2D eigenvalue weighted by Crippen LogP contribution is -2.35. The van der Waals surface area contributed by atoms with Gasteiger partial charge in [0.25, 0.3) is 11.8 Å². The van der Waals surface area contributed by atoms with Crippen LogP contribution in [0.15, 0.2) is 52.3 Å². The summed E-state index contributed by atoms with van der Waals surface area (Å²) in [6, 6.07) is 12.9. The van der Waals surface area contributed by atoms with Gasteiger partial charge in [-0.15, -0.1) is 0 Å². The number of carbonyl (C=O) groups excluding carboxylic acids is 2. The van der Waals surface area contributed by atoms with Crippen molar-refractivity contribution in [3.63, 3.8) is 0 Å². The minimum atomic E-state index is -0.492. The summed E-state index contributed by atoms with van der Waals surface area (Å²) in [5, 5.41) is 2.83. The Balaban J connectivity index is 1.78. The van der Waals surface area contributed by atoms with Gasteiger partial charge in [-0.1, -0.05) is 30.0 Å². The van der Waals surface area contributed by atoms with E-state index < -0.39 is 6.29 Å². The number of likely N-dealkylation sites (N-methyl/N-ethyl adjacent to an activating group) is 1. The number of para-hydroxylation sites is 1. The quantitative estimate of drug-likeness (QED) is 0.455. The molecule has 0 bridgehead atoms. The molecule has 8 heteroatoms. The van der Waals surface area contributed by atoms with Crippen molar-refractivity contribution in [2.45, 2.75) is 25.0 Å². The Kier molecular flexibility index (Phi) is 8.33. The lowest BCUT2D eigenvalue weighted by atomic mass is 10.1. The minimum Gasteiger partial charge on any atom is -0.496 e. The van der Waals surface area contributed by atoms with E-state index in [-0.39, 0.29) is 18.4 Å². The predicted molar refractivity (Wildman–Crippen MR) is 126 cm³/mol. The van der Waals surface area contributed by atoms with Crippen LogP contribution in [0, 0.1) is 0 Å². The first kappa shape index (κ1) is 23.8. The van der Waals surface area contributed by atoms with Gasteiger partial charge in [-0.3, -0.25) is 9.59 Å². The number of nitrogens with one attached hydrogen (secondary N) is 1. The van der Waals surface area contributed by atoms with Crippen molar-refractivity contribution in [2.75, 3.05) is 38.8 Å². The van der Waals surface area contributed by atoms with Crippen molar-refractivity contribution in [3.05, 3.63) is 58.5 Å². The second-order valence-corrected chi connectivity index (χ2v) is 8.03. The molecule has 2 amide bonds. The van der Waals surface area contributed by atoms with E-state index in [1.165, 1.54) is 11.8 Å². The van der Waals surface area contributed by atoms with Crippen LogP contribution in [-0.4, -0.2) is 52.0 Å². The van der Waals surface area contributed by atoms with Gasteiger partial charge in [0, 0.05) is 36.3 Å². The molecular formula is C24H28N2O5S. The Labute approximate surface area is 192 Å². The van der Waals surface area contributed by atoms with E-state index in [0.29, 0.717) is 35.1 Å². The number of rotatable bonds is 9. The van der Waals surface area contributed by atoms with Crippen LogP contribution in [0.3, 0.4) is 0 Å². The Morgan fingerprint density at radius 2 is 1.88 bits per heavy atom. The van der Waals surface area contributed by atoms with Crippen LogP contribution in [0.25, 0.3) is 6.08 Å². The Hall–Kier alpha value is -2.81. The normalized spacial score (nSPS) is 14.6. The summed E-state index contributed by atoms with van der Waals surface area (Å²) in [6.45, 7) is 4.98. The van der Waals surface area contributed by atoms with E-state index in [0.717, 1.165) is 10.5 Å². The lowest BCUT2D eigenvalue weighted by Gasteiger charge is -2.27. The SMILES string of the molecule is CCOC(CNC(=O)c1ccc2c(c1)N(C)C(=O)/C(=C\c1ccccc1OC)S2)OCC. The second kappa shape index (κ2) is 11.2. The zero-order valence-corrected chi connectivity index (χ0v) is 19.5. The highest BCUT2D eigenvalue weighted by atomic mass is 32.2. The molecule has 0 saturated carbocycles. The van der Waals surface area contributed by atoms with Crippen molar-refractivity contribution >= 4 is 35.3 Å². The van der Waals surface area contributed by atoms with Gasteiger partial charge >= 0.3 is 0 Å². The average Bonchev–Trinajstić information content (AvgIpc) is 2.81. The van der Waals surface area contributed by atoms with Gasteiger partial charge in [0.05, 0.1) is 24.2 Å². The smallest absolute Gasteiger partial charge is 0.264 e. The van der Waals surface area contributed by atoms with Gasteiger partial charge in [0.15, 0.2) is 6.29 Å². The monoisotopic (exact) mass is 456 g/mol. The highest BCUT2D eigenvalue weighted by molar-refractivity contribution is 8.04. The molecule has 2 aromatic rings. The van der Waals surface area contributed by atoms with Crippen molar-refractivity contribution < 1.29 is 23.8 Å². The van der Waals surface area contributed by atoms with Gasteiger partial charge in [0.1, 0.15) is 5.75 Å². The summed E-state index contributed by atoms with van der Waals surface area (Å²) in [5.41, 5.74) is 1.99. The van der Waals surface area contributed by atoms with Gasteiger partial charge in [0.2, 0.25) is 0 Å². The summed E-state index contributed by atoms with van der Waals surface area (Å²) >= 11 is 1.38. The summed E-state index contributed by atoms with van der Waals surface area (Å²) < 4.78 is 16.3. The number of hydrogen-bond acceptors (Lipinski definition) is 6. The molecule has 1 heterocycles. The molecule has 0 radical (unpaired) electrons. The number of ether oxygens (including phenoxy) is 3. The molecule has 0 unspecified atom stereocenters. The van der Waals surface area contributed by atoms with Crippen molar-refractivity contribution in [1.82, 2.24) is 5.32 Å². The van der Waals surface area contributed by atoms with Gasteiger partial charge in [-0.25, -0.2) is 0 Å². The van der Waals surface area contributed by atoms with Crippen molar-refractivity contribution in [3.8, 4) is 5.75 Å². The maximum absolute atomic E-state index is 13.0. The van der Waals surface area contributed by atoms with Crippen LogP contribution in [0.2, 0.25) is 0 Å². The highest BCUT2D eigenvalue weighted by Crippen LogP contribution is 2.42. The lowest BCUT2D eigenvalue weighted by molar-refractivity contribution is -0.131. The zero-order chi connectivity index (χ0) is 23.1. The Morgan fingerprint density at radius 3 is 2.56 bits per heavy atom. The third kappa shape index (κ3) is 5.51. The molecule has 1 aliphatic rings. The number of benzene rings is 2. The van der Waals surface area contributed by atoms with Crippen LogP contribution < -0.4 is 15.0 Å². The number of amides is 2. The molecule has 0 spiro atoms. The van der Waals surface area contributed by atoms with Crippen LogP contribution in [0.4, 0.5) is 5.69 Å². The number of methoxy groups -OCH3 is 1. The minimum absolute atomic E-state index is 0.140. The molecule has 7 nitrogen and oxygen atoms in total. The summed E-state index contributed by atoms with van der Waals surface area (Å²) in [4.78, 5) is 28.7. The largest absolute Gasteiger partial charge is 0.496 e. The fourth-order valence-electron chi connectivity index (χ4n) is 3.28. The third-order valence-electron chi connectivity index (χ3n) is 4.88. The summed E-state index contributed by atoms with van der Waals surface area (Å²) in [7, 11) is 3.31. The third-order valence-corrected chi connectivity index (χ3v) is 5.96. The van der Waals surface area contributed by atoms with Crippen LogP contribution >= 0.6 is 11.8 Å². The molecule has 0 aliphatic carbocycles. The molecule has 3 rings (SSSR count). The molecular weight excluding hydrogens is 428 g/mol. The number of carbonyl (C=O) groups is 2. The number of anilines is 1. The first-order valence-electron chi connectivity index (χ1n) is 10.4. The molecule has 1 aliphatic heterocycles. The summed E-state index contributed by atoms with van der Waals surface area (Å²) in [6.07, 6.45) is 1.34. The molecule has 0 saturated heterocycles. The zero-order valence-electron chi connectivity index (χ0n) is 18.7. The average molecular weight is 457 g/mol. The van der Waals surface area contributed by atoms with E-state index >= 15 is 0 Å². The molecule has 1 N–H and O–H groups in total. The van der Waals surface area contributed by atoms with E-state index in [4.69, 9.17) is 14.2 Å². The van der Waals surface area contributed by atoms with E-state index in [2.05, 4.69) is 5.32 Å². The van der Waals surface area contributed by atoms with Gasteiger partial charge < -0.3 is 24.4 Å². The molecule has 0 atom stereocenters. The van der Waals surface area contributed by atoms with Crippen LogP contribution in [0.5, 0.6) is 5.75 Å². The number of fused-ring (bicyclic) bond motifs is 1. The number of hydrogen-bond donors (Lipinski definition) is 1. The topological polar surface area (TPSA) is 77.1 Å². The summed E-state index contributed by atoms with van der Waals surface area (Å²) in [5.74, 6) is 0.309. The molecule has 0 fully saturated rings. The standard InChI is InChI=1S/C24H28N2O5S/c1-5-30-22(31-6-2)15-25-23(27)17-11-12-20-18(13-17)26(3)24(28)21(32-20)14-16-9-7-8-10-19(16)29-4/h7-14,22H,5-6,15H2,1-4H3,(H,25,27)/b21-14+. The van der Waals surface area contributed by atoms with Gasteiger partial charge in [-0.05, 0) is 44.2 Å². The van der Waals surface area contributed by atoms with E-state index in [9.17, 15) is 9.59 Å². The fourth-order valence-corrected chi connectivity index (χ4v) is 4.36.